The highest BCUT2D eigenvalue weighted by atomic mass is 31.2. The Kier molecular flexibility index (Phi) is 30.7. The van der Waals surface area contributed by atoms with E-state index in [4.69, 9.17) is 14.8 Å². The first-order chi connectivity index (χ1) is 20.9. The van der Waals surface area contributed by atoms with E-state index in [0.29, 0.717) is 12.8 Å². The standard InChI is InChI=1S/C34H69N2O6P/c1-3-5-7-9-11-13-15-16-18-20-22-24-26-28-34(38)36-32(31-42-43(39,40)41-30-29-35)33(37)27-25-23-21-19-17-14-12-10-8-6-4-2/h13,15,32-33,37H,3-12,14,16-31,35H2,1-2H3,(H,36,38)(H,39,40)/b15-13-. The van der Waals surface area contributed by atoms with Crippen LogP contribution in [0, 0.1) is 0 Å². The molecule has 9 heteroatoms. The van der Waals surface area contributed by atoms with Gasteiger partial charge in [-0.3, -0.25) is 13.8 Å². The number of carbonyl (C=O) groups is 1. The van der Waals surface area contributed by atoms with Gasteiger partial charge in [0.1, 0.15) is 0 Å². The molecule has 0 fully saturated rings. The molecule has 1 amide bonds. The fourth-order valence-electron chi connectivity index (χ4n) is 5.13. The zero-order chi connectivity index (χ0) is 31.9. The summed E-state index contributed by atoms with van der Waals surface area (Å²) >= 11 is 0. The number of carbonyl (C=O) groups excluding carboxylic acids is 1. The molecule has 0 saturated carbocycles. The van der Waals surface area contributed by atoms with E-state index in [9.17, 15) is 19.4 Å². The molecule has 0 aromatic heterocycles. The third-order valence-corrected chi connectivity index (χ3v) is 8.85. The van der Waals surface area contributed by atoms with Gasteiger partial charge in [-0.1, -0.05) is 135 Å². The highest BCUT2D eigenvalue weighted by molar-refractivity contribution is 7.47. The number of allylic oxidation sites excluding steroid dienone is 2. The molecule has 0 radical (unpaired) electrons. The monoisotopic (exact) mass is 632 g/mol. The van der Waals surface area contributed by atoms with Crippen molar-refractivity contribution in [2.45, 2.75) is 180 Å². The molecule has 0 aliphatic rings. The third-order valence-electron chi connectivity index (χ3n) is 7.87. The van der Waals surface area contributed by atoms with E-state index in [1.54, 1.807) is 0 Å². The zero-order valence-corrected chi connectivity index (χ0v) is 28.8. The maximum absolute atomic E-state index is 12.6. The minimum absolute atomic E-state index is 0.0887. The van der Waals surface area contributed by atoms with Crippen LogP contribution in [0.3, 0.4) is 0 Å². The van der Waals surface area contributed by atoms with Gasteiger partial charge in [0.2, 0.25) is 5.91 Å². The Morgan fingerprint density at radius 2 is 1.21 bits per heavy atom. The number of hydrogen-bond donors (Lipinski definition) is 4. The molecule has 43 heavy (non-hydrogen) atoms. The molecule has 0 aromatic carbocycles. The van der Waals surface area contributed by atoms with Crippen LogP contribution in [0.1, 0.15) is 168 Å². The topological polar surface area (TPSA) is 131 Å². The maximum Gasteiger partial charge on any atom is 0.472 e. The second-order valence-electron chi connectivity index (χ2n) is 12.1. The van der Waals surface area contributed by atoms with E-state index in [1.165, 1.54) is 89.9 Å². The van der Waals surface area contributed by atoms with Crippen molar-refractivity contribution in [2.24, 2.45) is 5.73 Å². The van der Waals surface area contributed by atoms with Gasteiger partial charge in [-0.2, -0.15) is 0 Å². The number of nitrogens with one attached hydrogen (secondary N) is 1. The van der Waals surface area contributed by atoms with Gasteiger partial charge >= 0.3 is 7.82 Å². The quantitative estimate of drug-likeness (QED) is 0.0323. The normalized spacial score (nSPS) is 14.6. The molecule has 0 heterocycles. The van der Waals surface area contributed by atoms with Crippen LogP contribution in [-0.2, 0) is 18.4 Å². The Balaban J connectivity index is 4.30. The van der Waals surface area contributed by atoms with Crippen molar-refractivity contribution in [3.63, 3.8) is 0 Å². The second-order valence-corrected chi connectivity index (χ2v) is 13.5. The molecule has 3 atom stereocenters. The van der Waals surface area contributed by atoms with Crippen molar-refractivity contribution >= 4 is 13.7 Å². The smallest absolute Gasteiger partial charge is 0.391 e. The molecule has 0 saturated heterocycles. The van der Waals surface area contributed by atoms with Crippen molar-refractivity contribution in [1.82, 2.24) is 5.32 Å². The van der Waals surface area contributed by atoms with Crippen molar-refractivity contribution in [2.75, 3.05) is 19.8 Å². The van der Waals surface area contributed by atoms with E-state index in [2.05, 4.69) is 31.3 Å². The molecular weight excluding hydrogens is 563 g/mol. The van der Waals surface area contributed by atoms with E-state index in [0.717, 1.165) is 51.4 Å². The number of aliphatic hydroxyl groups is 1. The van der Waals surface area contributed by atoms with Gasteiger partial charge in [-0.25, -0.2) is 4.57 Å². The molecular formula is C34H69N2O6P. The molecule has 0 aromatic rings. The Labute approximate surface area is 265 Å². The average molecular weight is 633 g/mol. The number of unbranched alkanes of at least 4 members (excludes halogenated alkanes) is 19. The lowest BCUT2D eigenvalue weighted by Crippen LogP contribution is -2.46. The van der Waals surface area contributed by atoms with E-state index >= 15 is 0 Å². The molecule has 0 aliphatic heterocycles. The number of hydrogen-bond acceptors (Lipinski definition) is 6. The lowest BCUT2D eigenvalue weighted by molar-refractivity contribution is -0.123. The van der Waals surface area contributed by atoms with Gasteiger partial charge in [-0.05, 0) is 38.5 Å². The van der Waals surface area contributed by atoms with Gasteiger partial charge in [0, 0.05) is 13.0 Å². The Hall–Kier alpha value is -0.760. The van der Waals surface area contributed by atoms with Gasteiger partial charge in [0.15, 0.2) is 0 Å². The first-order valence-corrected chi connectivity index (χ1v) is 19.3. The number of aliphatic hydroxyl groups excluding tert-OH is 1. The predicted molar refractivity (Wildman–Crippen MR) is 180 cm³/mol. The predicted octanol–water partition coefficient (Wildman–Crippen LogP) is 8.88. The van der Waals surface area contributed by atoms with Crippen LogP contribution in [0.25, 0.3) is 0 Å². The zero-order valence-electron chi connectivity index (χ0n) is 28.0. The van der Waals surface area contributed by atoms with Crippen molar-refractivity contribution in [3.8, 4) is 0 Å². The summed E-state index contributed by atoms with van der Waals surface area (Å²) in [7, 11) is -4.30. The van der Waals surface area contributed by atoms with E-state index < -0.39 is 20.0 Å². The van der Waals surface area contributed by atoms with Crippen LogP contribution in [0.2, 0.25) is 0 Å². The summed E-state index contributed by atoms with van der Waals surface area (Å²) in [5, 5.41) is 13.7. The molecule has 0 rings (SSSR count). The van der Waals surface area contributed by atoms with Crippen molar-refractivity contribution < 1.29 is 28.4 Å². The first kappa shape index (κ1) is 42.2. The van der Waals surface area contributed by atoms with Crippen LogP contribution >= 0.6 is 7.82 Å². The summed E-state index contributed by atoms with van der Waals surface area (Å²) in [5.41, 5.74) is 5.35. The summed E-state index contributed by atoms with van der Waals surface area (Å²) in [4.78, 5) is 22.5. The summed E-state index contributed by atoms with van der Waals surface area (Å²) in [5.74, 6) is -0.173. The molecule has 256 valence electrons. The average Bonchev–Trinajstić information content (AvgIpc) is 2.99. The SMILES string of the molecule is CCCCCC/C=C\CCCCCCCC(=O)NC(COP(=O)(O)OCCN)C(O)CCCCCCCCCCCCC. The van der Waals surface area contributed by atoms with E-state index in [-0.39, 0.29) is 25.7 Å². The van der Waals surface area contributed by atoms with E-state index in [1.807, 2.05) is 0 Å². The summed E-state index contributed by atoms with van der Waals surface area (Å²) in [6.07, 6.45) is 30.7. The van der Waals surface area contributed by atoms with Gasteiger partial charge in [0.25, 0.3) is 0 Å². The Morgan fingerprint density at radius 3 is 1.74 bits per heavy atom. The first-order valence-electron chi connectivity index (χ1n) is 17.8. The lowest BCUT2D eigenvalue weighted by Gasteiger charge is -2.25. The fraction of sp³-hybridized carbons (Fsp3) is 0.912. The van der Waals surface area contributed by atoms with Crippen molar-refractivity contribution in [3.05, 3.63) is 12.2 Å². The van der Waals surface area contributed by atoms with Crippen LogP contribution in [-0.4, -0.2) is 47.8 Å². The molecule has 0 spiro atoms. The summed E-state index contributed by atoms with van der Waals surface area (Å²) < 4.78 is 22.0. The largest absolute Gasteiger partial charge is 0.472 e. The molecule has 0 aliphatic carbocycles. The number of phosphoric acid groups is 1. The van der Waals surface area contributed by atoms with Gasteiger partial charge in [-0.15, -0.1) is 0 Å². The number of nitrogens with two attached hydrogens (primary N) is 1. The minimum atomic E-state index is -4.30. The molecule has 0 bridgehead atoms. The fourth-order valence-corrected chi connectivity index (χ4v) is 5.89. The van der Waals surface area contributed by atoms with Crippen molar-refractivity contribution in [1.29, 1.82) is 0 Å². The number of phosphoric ester groups is 1. The summed E-state index contributed by atoms with van der Waals surface area (Å²) in [6.45, 7) is 4.16. The van der Waals surface area contributed by atoms with Crippen LogP contribution in [0.5, 0.6) is 0 Å². The highest BCUT2D eigenvalue weighted by Crippen LogP contribution is 2.43. The Morgan fingerprint density at radius 1 is 0.744 bits per heavy atom. The maximum atomic E-state index is 12.6. The van der Waals surface area contributed by atoms with Crippen LogP contribution in [0.4, 0.5) is 0 Å². The Bertz CT molecular complexity index is 694. The third kappa shape index (κ3) is 29.7. The molecule has 3 unspecified atom stereocenters. The highest BCUT2D eigenvalue weighted by Gasteiger charge is 2.27. The lowest BCUT2D eigenvalue weighted by atomic mass is 10.0. The molecule has 8 nitrogen and oxygen atoms in total. The summed E-state index contributed by atoms with van der Waals surface area (Å²) in [6, 6.07) is -0.772. The molecule has 5 N–H and O–H groups in total. The number of rotatable bonds is 33. The van der Waals surface area contributed by atoms with Gasteiger partial charge < -0.3 is 21.1 Å². The second kappa shape index (κ2) is 31.2. The van der Waals surface area contributed by atoms with Crippen LogP contribution < -0.4 is 11.1 Å². The van der Waals surface area contributed by atoms with Gasteiger partial charge in [0.05, 0.1) is 25.4 Å². The number of amides is 1. The minimum Gasteiger partial charge on any atom is -0.391 e. The van der Waals surface area contributed by atoms with Crippen LogP contribution in [0.15, 0.2) is 12.2 Å².